The molecule has 25 heavy (non-hydrogen) atoms. The average Bonchev–Trinajstić information content (AvgIpc) is 2.94. The Morgan fingerprint density at radius 3 is 2.12 bits per heavy atom. The monoisotopic (exact) mass is 396 g/mol. The van der Waals surface area contributed by atoms with Gasteiger partial charge in [-0.1, -0.05) is 36.4 Å². The van der Waals surface area contributed by atoms with Crippen LogP contribution in [0.1, 0.15) is 16.0 Å². The molecule has 1 heterocycles. The third-order valence-electron chi connectivity index (χ3n) is 3.86. The molecule has 0 fully saturated rings. The Balaban J connectivity index is 2.50. The highest BCUT2D eigenvalue weighted by Gasteiger charge is 2.22. The molecule has 0 saturated heterocycles. The first-order chi connectivity index (χ1) is 11.7. The van der Waals surface area contributed by atoms with Crippen molar-refractivity contribution in [2.24, 2.45) is 5.73 Å². The highest BCUT2D eigenvalue weighted by molar-refractivity contribution is 7.11. The molecule has 3 N–H and O–H groups in total. The van der Waals surface area contributed by atoms with Gasteiger partial charge < -0.3 is 20.5 Å². The number of benzene rings is 1. The van der Waals surface area contributed by atoms with E-state index >= 15 is 0 Å². The van der Waals surface area contributed by atoms with E-state index < -0.39 is 0 Å². The van der Waals surface area contributed by atoms with Crippen molar-refractivity contribution in [1.29, 1.82) is 0 Å². The number of ether oxygens (including phenoxy) is 2. The SMILES string of the molecule is Bc1c(OC)c(Cl)c(NC(=C)c2csc(C(=C)N)c2C)c(Cl)c1OC. The second-order valence-corrected chi connectivity index (χ2v) is 7.06. The molecule has 0 unspecified atom stereocenters. The van der Waals surface area contributed by atoms with E-state index in [2.05, 4.69) is 18.5 Å². The number of thiophene rings is 1. The summed E-state index contributed by atoms with van der Waals surface area (Å²) in [5, 5.41) is 5.87. The van der Waals surface area contributed by atoms with Crippen LogP contribution in [-0.2, 0) is 0 Å². The Hall–Kier alpha value is -1.76. The number of halogens is 2. The van der Waals surface area contributed by atoms with Crippen LogP contribution >= 0.6 is 34.5 Å². The van der Waals surface area contributed by atoms with Crippen LogP contribution in [-0.4, -0.2) is 22.1 Å². The molecule has 4 nitrogen and oxygen atoms in total. The lowest BCUT2D eigenvalue weighted by Gasteiger charge is -2.20. The molecular formula is C17H19BCl2N2O2S. The van der Waals surface area contributed by atoms with Gasteiger partial charge in [0.1, 0.15) is 29.4 Å². The first-order valence-corrected chi connectivity index (χ1v) is 8.96. The average molecular weight is 397 g/mol. The normalized spacial score (nSPS) is 10.4. The number of methoxy groups -OCH3 is 2. The minimum Gasteiger partial charge on any atom is -0.496 e. The van der Waals surface area contributed by atoms with Crippen molar-refractivity contribution >= 4 is 64.9 Å². The van der Waals surface area contributed by atoms with Gasteiger partial charge in [-0.15, -0.1) is 11.3 Å². The maximum Gasteiger partial charge on any atom is 0.149 e. The molecule has 1 aromatic heterocycles. The molecule has 0 atom stereocenters. The third kappa shape index (κ3) is 3.47. The van der Waals surface area contributed by atoms with E-state index in [0.717, 1.165) is 21.5 Å². The smallest absolute Gasteiger partial charge is 0.149 e. The molecule has 8 heteroatoms. The molecule has 0 bridgehead atoms. The fourth-order valence-corrected chi connectivity index (χ4v) is 4.36. The standard InChI is InChI=1S/C17H19BCl2N2O2S/c1-7-10(6-25-17(7)8(2)21)9(3)22-14-12(19)15(23-4)11(18)16(24-5)13(14)20/h6,22H,2-3,18,21H2,1,4-5H3. The van der Waals surface area contributed by atoms with E-state index in [1.54, 1.807) is 14.2 Å². The van der Waals surface area contributed by atoms with Gasteiger partial charge >= 0.3 is 0 Å². The van der Waals surface area contributed by atoms with Gasteiger partial charge in [-0.05, 0) is 17.9 Å². The molecule has 2 aromatic rings. The summed E-state index contributed by atoms with van der Waals surface area (Å²) in [6.45, 7) is 9.85. The van der Waals surface area contributed by atoms with Crippen LogP contribution in [0.5, 0.6) is 11.5 Å². The molecule has 0 amide bonds. The van der Waals surface area contributed by atoms with Crippen LogP contribution < -0.4 is 26.0 Å². The Morgan fingerprint density at radius 1 is 1.20 bits per heavy atom. The van der Waals surface area contributed by atoms with E-state index in [1.165, 1.54) is 11.3 Å². The van der Waals surface area contributed by atoms with Crippen molar-refractivity contribution in [3.05, 3.63) is 44.6 Å². The van der Waals surface area contributed by atoms with Crippen LogP contribution in [0.3, 0.4) is 0 Å². The van der Waals surface area contributed by atoms with Crippen molar-refractivity contribution in [3.8, 4) is 11.5 Å². The van der Waals surface area contributed by atoms with Crippen molar-refractivity contribution in [3.63, 3.8) is 0 Å². The predicted molar refractivity (Wildman–Crippen MR) is 113 cm³/mol. The van der Waals surface area contributed by atoms with E-state index in [4.69, 9.17) is 38.4 Å². The molecule has 0 aliphatic rings. The predicted octanol–water partition coefficient (Wildman–Crippen LogP) is 3.65. The first-order valence-electron chi connectivity index (χ1n) is 7.33. The van der Waals surface area contributed by atoms with Crippen LogP contribution in [0.4, 0.5) is 5.69 Å². The van der Waals surface area contributed by atoms with Gasteiger partial charge in [0, 0.05) is 22.3 Å². The number of nitrogens with two attached hydrogens (primary N) is 1. The van der Waals surface area contributed by atoms with Crippen molar-refractivity contribution in [1.82, 2.24) is 0 Å². The summed E-state index contributed by atoms with van der Waals surface area (Å²) < 4.78 is 10.8. The largest absolute Gasteiger partial charge is 0.496 e. The van der Waals surface area contributed by atoms with Crippen LogP contribution in [0, 0.1) is 6.92 Å². The highest BCUT2D eigenvalue weighted by atomic mass is 35.5. The van der Waals surface area contributed by atoms with Gasteiger partial charge in [0.05, 0.1) is 24.8 Å². The zero-order valence-electron chi connectivity index (χ0n) is 14.5. The fourth-order valence-electron chi connectivity index (χ4n) is 2.60. The third-order valence-corrected chi connectivity index (χ3v) is 5.74. The molecule has 0 saturated carbocycles. The molecular weight excluding hydrogens is 378 g/mol. The van der Waals surface area contributed by atoms with Crippen LogP contribution in [0.2, 0.25) is 10.0 Å². The van der Waals surface area contributed by atoms with E-state index in [-0.39, 0.29) is 0 Å². The summed E-state index contributed by atoms with van der Waals surface area (Å²) in [5.41, 5.74) is 10.1. The van der Waals surface area contributed by atoms with Gasteiger partial charge in [0.2, 0.25) is 0 Å². The lowest BCUT2D eigenvalue weighted by molar-refractivity contribution is 0.401. The molecule has 0 radical (unpaired) electrons. The minimum absolute atomic E-state index is 0.364. The number of nitrogens with one attached hydrogen (secondary N) is 1. The zero-order valence-corrected chi connectivity index (χ0v) is 16.9. The van der Waals surface area contributed by atoms with Crippen molar-refractivity contribution in [2.45, 2.75) is 6.92 Å². The number of anilines is 1. The number of rotatable bonds is 6. The van der Waals surface area contributed by atoms with Crippen LogP contribution in [0.25, 0.3) is 11.4 Å². The van der Waals surface area contributed by atoms with Gasteiger partial charge in [0.25, 0.3) is 0 Å². The molecule has 0 spiro atoms. The summed E-state index contributed by atoms with van der Waals surface area (Å²) in [4.78, 5) is 0.925. The lowest BCUT2D eigenvalue weighted by atomic mass is 9.93. The second kappa shape index (κ2) is 7.64. The van der Waals surface area contributed by atoms with E-state index in [1.807, 2.05) is 20.2 Å². The Bertz CT molecular complexity index is 834. The molecule has 132 valence electrons. The second-order valence-electron chi connectivity index (χ2n) is 5.43. The Morgan fingerprint density at radius 2 is 1.72 bits per heavy atom. The van der Waals surface area contributed by atoms with Gasteiger partial charge in [-0.2, -0.15) is 0 Å². The van der Waals surface area contributed by atoms with E-state index in [9.17, 15) is 0 Å². The quantitative estimate of drug-likeness (QED) is 0.731. The Labute approximate surface area is 162 Å². The molecule has 0 aliphatic carbocycles. The number of hydrogen-bond donors (Lipinski definition) is 2. The van der Waals surface area contributed by atoms with Crippen molar-refractivity contribution in [2.75, 3.05) is 19.5 Å². The molecule has 0 aliphatic heterocycles. The summed E-state index contributed by atoms with van der Waals surface area (Å²) in [7, 11) is 4.92. The van der Waals surface area contributed by atoms with Gasteiger partial charge in [-0.3, -0.25) is 0 Å². The van der Waals surface area contributed by atoms with Crippen LogP contribution in [0.15, 0.2) is 18.5 Å². The summed E-state index contributed by atoms with van der Waals surface area (Å²) in [6, 6.07) is 0. The summed E-state index contributed by atoms with van der Waals surface area (Å²) in [6.07, 6.45) is 0. The fraction of sp³-hybridized carbons (Fsp3) is 0.176. The van der Waals surface area contributed by atoms with Crippen molar-refractivity contribution < 1.29 is 9.47 Å². The number of hydrogen-bond acceptors (Lipinski definition) is 5. The summed E-state index contributed by atoms with van der Waals surface area (Å²) in [5.74, 6) is 0.993. The summed E-state index contributed by atoms with van der Waals surface area (Å²) >= 11 is 14.5. The minimum atomic E-state index is 0.364. The highest BCUT2D eigenvalue weighted by Crippen LogP contribution is 2.43. The first kappa shape index (κ1) is 19.6. The van der Waals surface area contributed by atoms with E-state index in [0.29, 0.717) is 38.6 Å². The maximum atomic E-state index is 6.48. The lowest BCUT2D eigenvalue weighted by Crippen LogP contribution is -2.14. The zero-order chi connectivity index (χ0) is 18.9. The Kier molecular flexibility index (Phi) is 5.98. The topological polar surface area (TPSA) is 56.5 Å². The van der Waals surface area contributed by atoms with Gasteiger partial charge in [0.15, 0.2) is 0 Å². The molecule has 2 rings (SSSR count). The molecule has 1 aromatic carbocycles. The maximum absolute atomic E-state index is 6.48. The van der Waals surface area contributed by atoms with Gasteiger partial charge in [-0.25, -0.2) is 0 Å².